The molecule has 0 amide bonds. The van der Waals surface area contributed by atoms with E-state index in [0.717, 1.165) is 34.9 Å². The molecule has 0 spiro atoms. The number of hydrogen-bond donors (Lipinski definition) is 0. The van der Waals surface area contributed by atoms with Crippen LogP contribution < -0.4 is 4.57 Å². The van der Waals surface area contributed by atoms with Gasteiger partial charge in [0.2, 0.25) is 0 Å². The Balaban J connectivity index is 1.50. The highest BCUT2D eigenvalue weighted by Crippen LogP contribution is 2.32. The van der Waals surface area contributed by atoms with Crippen molar-refractivity contribution in [1.82, 2.24) is 4.57 Å². The van der Waals surface area contributed by atoms with Crippen molar-refractivity contribution in [2.45, 2.75) is 38.8 Å². The molecule has 0 aliphatic heterocycles. The molecule has 0 fully saturated rings. The molecule has 29 heavy (non-hydrogen) atoms. The smallest absolute Gasteiger partial charge is 0.185 e. The Kier molecular flexibility index (Phi) is 4.31. The van der Waals surface area contributed by atoms with Crippen molar-refractivity contribution in [2.24, 2.45) is 0 Å². The molecule has 1 aliphatic carbocycles. The number of aryl methyl sites for hydroxylation is 2. The van der Waals surface area contributed by atoms with Gasteiger partial charge in [-0.1, -0.05) is 48.0 Å². The zero-order chi connectivity index (χ0) is 20.0. The molecule has 2 heterocycles. The van der Waals surface area contributed by atoms with Crippen LogP contribution in [0.5, 0.6) is 0 Å². The van der Waals surface area contributed by atoms with Gasteiger partial charge in [0.1, 0.15) is 0 Å². The van der Waals surface area contributed by atoms with Gasteiger partial charge in [0.25, 0.3) is 0 Å². The fourth-order valence-electron chi connectivity index (χ4n) is 4.55. The van der Waals surface area contributed by atoms with Gasteiger partial charge in [-0.2, -0.15) is 4.57 Å². The highest BCUT2D eigenvalue weighted by Gasteiger charge is 2.29. The van der Waals surface area contributed by atoms with E-state index in [1.54, 1.807) is 0 Å². The van der Waals surface area contributed by atoms with E-state index in [1.165, 1.54) is 11.1 Å². The van der Waals surface area contributed by atoms with E-state index >= 15 is 0 Å². The lowest BCUT2D eigenvalue weighted by Gasteiger charge is -2.25. The van der Waals surface area contributed by atoms with Crippen molar-refractivity contribution in [1.29, 1.82) is 0 Å². The first kappa shape index (κ1) is 17.9. The normalized spacial score (nSPS) is 17.3. The summed E-state index contributed by atoms with van der Waals surface area (Å²) in [6.07, 6.45) is 8.19. The van der Waals surface area contributed by atoms with Gasteiger partial charge in [-0.15, -0.1) is 0 Å². The number of ketones is 1. The molecule has 0 saturated carbocycles. The first-order valence-corrected chi connectivity index (χ1v) is 10.3. The van der Waals surface area contributed by atoms with Crippen molar-refractivity contribution in [2.75, 3.05) is 0 Å². The number of fused-ring (bicyclic) bond motifs is 2. The Hall–Kier alpha value is -3.20. The van der Waals surface area contributed by atoms with Crippen LogP contribution in [0.2, 0.25) is 0 Å². The van der Waals surface area contributed by atoms with E-state index in [-0.39, 0.29) is 17.9 Å². The standard InChI is InChI=1S/C26H25N2O/c1-18-8-9-21-10-11-25(26(29)23(21)16-18)28-15-12-22-17-27(14-13-24(22)28)19(2)20-6-4-3-5-7-20/h3-9,12-17,19,25H,10-11H2,1-2H3/q+1. The highest BCUT2D eigenvalue weighted by molar-refractivity contribution is 6.02. The molecular formula is C26H25N2O+. The van der Waals surface area contributed by atoms with Crippen molar-refractivity contribution in [3.63, 3.8) is 0 Å². The van der Waals surface area contributed by atoms with E-state index < -0.39 is 0 Å². The lowest BCUT2D eigenvalue weighted by atomic mass is 9.86. The second-order valence-electron chi connectivity index (χ2n) is 8.12. The summed E-state index contributed by atoms with van der Waals surface area (Å²) in [5, 5.41) is 1.16. The number of Topliss-reactive ketones (excluding diaryl/α,β-unsaturated/α-hetero) is 1. The largest absolute Gasteiger partial charge is 0.336 e. The monoisotopic (exact) mass is 381 g/mol. The summed E-state index contributed by atoms with van der Waals surface area (Å²) < 4.78 is 4.41. The van der Waals surface area contributed by atoms with E-state index in [9.17, 15) is 4.79 Å². The molecule has 3 heteroatoms. The molecule has 0 saturated heterocycles. The number of rotatable bonds is 3. The van der Waals surface area contributed by atoms with Gasteiger partial charge in [0.15, 0.2) is 24.2 Å². The van der Waals surface area contributed by atoms with Crippen molar-refractivity contribution in [3.8, 4) is 0 Å². The minimum atomic E-state index is -0.121. The number of pyridine rings is 1. The molecule has 144 valence electrons. The predicted molar refractivity (Wildman–Crippen MR) is 115 cm³/mol. The van der Waals surface area contributed by atoms with Crippen molar-refractivity contribution in [3.05, 3.63) is 102 Å². The Labute approximate surface area is 171 Å². The van der Waals surface area contributed by atoms with E-state index in [1.807, 2.05) is 12.1 Å². The number of hydrogen-bond acceptors (Lipinski definition) is 1. The minimum Gasteiger partial charge on any atom is -0.336 e. The van der Waals surface area contributed by atoms with Crippen LogP contribution in [-0.4, -0.2) is 10.4 Å². The quantitative estimate of drug-likeness (QED) is 0.447. The number of carbonyl (C=O) groups excluding carboxylic acids is 1. The minimum absolute atomic E-state index is 0.121. The van der Waals surface area contributed by atoms with Gasteiger partial charge >= 0.3 is 0 Å². The average Bonchev–Trinajstić information content (AvgIpc) is 3.17. The van der Waals surface area contributed by atoms with Crippen LogP contribution in [0.15, 0.2) is 79.3 Å². The Morgan fingerprint density at radius 3 is 2.72 bits per heavy atom. The summed E-state index contributed by atoms with van der Waals surface area (Å²) in [6.45, 7) is 4.26. The summed E-state index contributed by atoms with van der Waals surface area (Å²) in [7, 11) is 0. The molecule has 2 aromatic carbocycles. The summed E-state index contributed by atoms with van der Waals surface area (Å²) in [5.74, 6) is 0.238. The third kappa shape index (κ3) is 3.07. The second kappa shape index (κ2) is 7.00. The molecule has 4 aromatic rings. The zero-order valence-electron chi connectivity index (χ0n) is 16.9. The van der Waals surface area contributed by atoms with Gasteiger partial charge in [-0.25, -0.2) is 0 Å². The van der Waals surface area contributed by atoms with E-state index in [2.05, 4.69) is 90.1 Å². The molecule has 2 aromatic heterocycles. The van der Waals surface area contributed by atoms with Crippen LogP contribution in [0.25, 0.3) is 10.9 Å². The number of nitrogens with zero attached hydrogens (tertiary/aromatic N) is 2. The lowest BCUT2D eigenvalue weighted by Crippen LogP contribution is -2.37. The molecule has 0 bridgehead atoms. The third-order valence-corrected chi connectivity index (χ3v) is 6.27. The Morgan fingerprint density at radius 2 is 1.90 bits per heavy atom. The summed E-state index contributed by atoms with van der Waals surface area (Å²) in [6, 6.07) is 21.2. The van der Waals surface area contributed by atoms with Gasteiger partial charge in [0, 0.05) is 30.3 Å². The molecule has 3 nitrogen and oxygen atoms in total. The lowest BCUT2D eigenvalue weighted by molar-refractivity contribution is -0.709. The van der Waals surface area contributed by atoms with Crippen LogP contribution in [0.3, 0.4) is 0 Å². The van der Waals surface area contributed by atoms with Crippen molar-refractivity contribution >= 4 is 16.7 Å². The maximum atomic E-state index is 13.2. The zero-order valence-corrected chi connectivity index (χ0v) is 16.9. The highest BCUT2D eigenvalue weighted by atomic mass is 16.1. The van der Waals surface area contributed by atoms with E-state index in [0.29, 0.717) is 0 Å². The molecule has 1 aliphatic rings. The van der Waals surface area contributed by atoms with Gasteiger partial charge in [-0.3, -0.25) is 4.79 Å². The fourth-order valence-corrected chi connectivity index (χ4v) is 4.55. The fraction of sp³-hybridized carbons (Fsp3) is 0.231. The van der Waals surface area contributed by atoms with Crippen LogP contribution in [0.1, 0.15) is 52.5 Å². The van der Waals surface area contributed by atoms with Crippen LogP contribution in [0.4, 0.5) is 0 Å². The van der Waals surface area contributed by atoms with E-state index in [4.69, 9.17) is 0 Å². The number of aromatic nitrogens is 2. The molecular weight excluding hydrogens is 356 g/mol. The van der Waals surface area contributed by atoms with Gasteiger partial charge in [0.05, 0.1) is 16.9 Å². The SMILES string of the molecule is Cc1ccc2c(c1)C(=O)C(n1ccc3c[n+](C(C)c4ccccc4)ccc31)CC2. The second-order valence-corrected chi connectivity index (χ2v) is 8.12. The number of benzene rings is 2. The molecule has 2 unspecified atom stereocenters. The van der Waals surface area contributed by atoms with Gasteiger partial charge in [-0.05, 0) is 37.5 Å². The summed E-state index contributed by atoms with van der Waals surface area (Å²) in [5.41, 5.74) is 5.63. The maximum Gasteiger partial charge on any atom is 0.185 e. The van der Waals surface area contributed by atoms with Gasteiger partial charge < -0.3 is 4.57 Å². The maximum absolute atomic E-state index is 13.2. The number of carbonyl (C=O) groups is 1. The van der Waals surface area contributed by atoms with Crippen molar-refractivity contribution < 1.29 is 9.36 Å². The average molecular weight is 381 g/mol. The molecule has 0 N–H and O–H groups in total. The Bertz CT molecular complexity index is 1210. The third-order valence-electron chi connectivity index (χ3n) is 6.27. The summed E-state index contributed by atoms with van der Waals surface area (Å²) >= 11 is 0. The van der Waals surface area contributed by atoms with Crippen LogP contribution in [-0.2, 0) is 6.42 Å². The summed E-state index contributed by atoms with van der Waals surface area (Å²) in [4.78, 5) is 13.2. The van der Waals surface area contributed by atoms with Crippen LogP contribution in [0, 0.1) is 6.92 Å². The molecule has 0 radical (unpaired) electrons. The topological polar surface area (TPSA) is 25.9 Å². The molecule has 5 rings (SSSR count). The van der Waals surface area contributed by atoms with Crippen LogP contribution >= 0.6 is 0 Å². The first-order chi connectivity index (χ1) is 14.1. The predicted octanol–water partition coefficient (Wildman–Crippen LogP) is 5.22. The molecule has 2 atom stereocenters. The first-order valence-electron chi connectivity index (χ1n) is 10.3. The Morgan fingerprint density at radius 1 is 1.07 bits per heavy atom.